The predicted octanol–water partition coefficient (Wildman–Crippen LogP) is 4.45. The topological polar surface area (TPSA) is 46.5 Å². The molecular formula is C16H17FO3S. The molecule has 112 valence electrons. The van der Waals surface area contributed by atoms with E-state index < -0.39 is 5.97 Å². The van der Waals surface area contributed by atoms with E-state index in [2.05, 4.69) is 0 Å². The maximum absolute atomic E-state index is 14.0. The summed E-state index contributed by atoms with van der Waals surface area (Å²) in [6.45, 7) is 0.769. The molecule has 1 aliphatic carbocycles. The number of hydrogen-bond donors (Lipinski definition) is 1. The first-order chi connectivity index (χ1) is 10.2. The summed E-state index contributed by atoms with van der Waals surface area (Å²) in [5.41, 5.74) is 0.467. The lowest BCUT2D eigenvalue weighted by molar-refractivity contribution is 0.0688. The number of ether oxygens (including phenoxy) is 1. The van der Waals surface area contributed by atoms with Crippen LogP contribution in [-0.2, 0) is 11.3 Å². The Hall–Kier alpha value is -1.46. The molecule has 0 atom stereocenters. The molecule has 1 saturated carbocycles. The largest absolute Gasteiger partial charge is 0.477 e. The van der Waals surface area contributed by atoms with Crippen molar-refractivity contribution in [3.8, 4) is 0 Å². The van der Waals surface area contributed by atoms with Crippen LogP contribution in [0.1, 0.15) is 40.9 Å². The first-order valence-corrected chi connectivity index (χ1v) is 7.99. The third-order valence-corrected chi connectivity index (χ3v) is 5.28. The van der Waals surface area contributed by atoms with Crippen molar-refractivity contribution in [1.82, 2.24) is 0 Å². The average molecular weight is 308 g/mol. The minimum absolute atomic E-state index is 0.162. The Labute approximate surface area is 126 Å². The van der Waals surface area contributed by atoms with E-state index in [1.54, 1.807) is 12.1 Å². The minimum Gasteiger partial charge on any atom is -0.477 e. The van der Waals surface area contributed by atoms with Gasteiger partial charge in [0.05, 0.1) is 6.61 Å². The molecule has 0 amide bonds. The molecule has 1 fully saturated rings. The normalized spacial score (nSPS) is 15.3. The first kappa shape index (κ1) is 14.5. The molecule has 1 aromatic carbocycles. The highest BCUT2D eigenvalue weighted by molar-refractivity contribution is 7.21. The van der Waals surface area contributed by atoms with Crippen molar-refractivity contribution in [3.05, 3.63) is 34.5 Å². The van der Waals surface area contributed by atoms with Gasteiger partial charge in [0.25, 0.3) is 0 Å². The van der Waals surface area contributed by atoms with Crippen LogP contribution in [0.4, 0.5) is 4.39 Å². The second-order valence-corrected chi connectivity index (χ2v) is 6.52. The number of carboxylic acid groups (broad SMARTS) is 1. The van der Waals surface area contributed by atoms with E-state index in [9.17, 15) is 14.3 Å². The van der Waals surface area contributed by atoms with Gasteiger partial charge in [0.1, 0.15) is 10.7 Å². The summed E-state index contributed by atoms with van der Waals surface area (Å²) in [6, 6.07) is 4.70. The minimum atomic E-state index is -1.02. The highest BCUT2D eigenvalue weighted by Gasteiger charge is 2.21. The van der Waals surface area contributed by atoms with Gasteiger partial charge in [0, 0.05) is 22.3 Å². The molecule has 0 unspecified atom stereocenters. The van der Waals surface area contributed by atoms with Crippen LogP contribution in [0.3, 0.4) is 0 Å². The van der Waals surface area contributed by atoms with E-state index in [1.165, 1.54) is 25.3 Å². The van der Waals surface area contributed by atoms with Crippen molar-refractivity contribution in [2.24, 2.45) is 5.92 Å². The van der Waals surface area contributed by atoms with Crippen molar-refractivity contribution in [2.45, 2.75) is 32.3 Å². The van der Waals surface area contributed by atoms with Crippen LogP contribution in [0.5, 0.6) is 0 Å². The number of benzene rings is 1. The standard InChI is InChI=1S/C16H17FO3S/c17-12-5-2-6-13-14(12)11(15(21-13)16(18)19)9-20-8-7-10-3-1-4-10/h2,5-6,10H,1,3-4,7-9H2,(H,18,19). The van der Waals surface area contributed by atoms with Crippen LogP contribution in [0.2, 0.25) is 0 Å². The van der Waals surface area contributed by atoms with Gasteiger partial charge in [-0.1, -0.05) is 25.3 Å². The molecule has 21 heavy (non-hydrogen) atoms. The van der Waals surface area contributed by atoms with Crippen molar-refractivity contribution >= 4 is 27.4 Å². The number of carboxylic acids is 1. The van der Waals surface area contributed by atoms with Crippen LogP contribution in [0, 0.1) is 11.7 Å². The Kier molecular flexibility index (Phi) is 4.22. The Morgan fingerprint density at radius 3 is 2.90 bits per heavy atom. The van der Waals surface area contributed by atoms with Crippen molar-refractivity contribution in [3.63, 3.8) is 0 Å². The lowest BCUT2D eigenvalue weighted by Crippen LogP contribution is -2.13. The molecule has 1 aliphatic rings. The molecule has 2 aromatic rings. The van der Waals surface area contributed by atoms with E-state index >= 15 is 0 Å². The predicted molar refractivity (Wildman–Crippen MR) is 80.4 cm³/mol. The van der Waals surface area contributed by atoms with E-state index in [-0.39, 0.29) is 17.3 Å². The van der Waals surface area contributed by atoms with Crippen LogP contribution >= 0.6 is 11.3 Å². The molecule has 5 heteroatoms. The van der Waals surface area contributed by atoms with Crippen LogP contribution in [0.15, 0.2) is 18.2 Å². The third kappa shape index (κ3) is 2.94. The molecule has 0 spiro atoms. The monoisotopic (exact) mass is 308 g/mol. The summed E-state index contributed by atoms with van der Waals surface area (Å²) in [5, 5.41) is 9.67. The fourth-order valence-corrected chi connectivity index (χ4v) is 3.74. The Morgan fingerprint density at radius 2 is 2.24 bits per heavy atom. The fraction of sp³-hybridized carbons (Fsp3) is 0.438. The van der Waals surface area contributed by atoms with Gasteiger partial charge in [-0.15, -0.1) is 11.3 Å². The van der Waals surface area contributed by atoms with Gasteiger partial charge in [0.2, 0.25) is 0 Å². The van der Waals surface area contributed by atoms with Crippen molar-refractivity contribution < 1.29 is 19.0 Å². The average Bonchev–Trinajstić information content (AvgIpc) is 2.77. The number of aromatic carboxylic acids is 1. The molecule has 0 aliphatic heterocycles. The Morgan fingerprint density at radius 1 is 1.43 bits per heavy atom. The molecule has 0 bridgehead atoms. The molecule has 3 nitrogen and oxygen atoms in total. The summed E-state index contributed by atoms with van der Waals surface area (Å²) in [5.74, 6) is -0.651. The summed E-state index contributed by atoms with van der Waals surface area (Å²) >= 11 is 1.11. The lowest BCUT2D eigenvalue weighted by Gasteiger charge is -2.24. The molecule has 1 aromatic heterocycles. The summed E-state index contributed by atoms with van der Waals surface area (Å²) in [7, 11) is 0. The van der Waals surface area contributed by atoms with Crippen molar-refractivity contribution in [1.29, 1.82) is 0 Å². The number of fused-ring (bicyclic) bond motifs is 1. The molecule has 1 heterocycles. The lowest BCUT2D eigenvalue weighted by atomic mass is 9.83. The van der Waals surface area contributed by atoms with Gasteiger partial charge in [-0.25, -0.2) is 9.18 Å². The molecule has 3 rings (SSSR count). The summed E-state index contributed by atoms with van der Waals surface area (Å²) in [4.78, 5) is 11.5. The summed E-state index contributed by atoms with van der Waals surface area (Å²) < 4.78 is 20.3. The summed E-state index contributed by atoms with van der Waals surface area (Å²) in [6.07, 6.45) is 4.83. The zero-order valence-corrected chi connectivity index (χ0v) is 12.4. The maximum atomic E-state index is 14.0. The third-order valence-electron chi connectivity index (χ3n) is 4.10. The first-order valence-electron chi connectivity index (χ1n) is 7.17. The smallest absolute Gasteiger partial charge is 0.346 e. The molecule has 0 radical (unpaired) electrons. The Bertz CT molecular complexity index is 661. The van der Waals surface area contributed by atoms with Gasteiger partial charge in [-0.2, -0.15) is 0 Å². The van der Waals surface area contributed by atoms with E-state index in [0.29, 0.717) is 22.3 Å². The van der Waals surface area contributed by atoms with Crippen molar-refractivity contribution in [2.75, 3.05) is 6.61 Å². The van der Waals surface area contributed by atoms with Gasteiger partial charge < -0.3 is 9.84 Å². The molecule has 1 N–H and O–H groups in total. The zero-order chi connectivity index (χ0) is 14.8. The highest BCUT2D eigenvalue weighted by atomic mass is 32.1. The SMILES string of the molecule is O=C(O)c1sc2cccc(F)c2c1COCCC1CCC1. The zero-order valence-electron chi connectivity index (χ0n) is 11.6. The maximum Gasteiger partial charge on any atom is 0.346 e. The molecule has 0 saturated heterocycles. The second-order valence-electron chi connectivity index (χ2n) is 5.47. The number of hydrogen-bond acceptors (Lipinski definition) is 3. The van der Waals surface area contributed by atoms with Gasteiger partial charge in [-0.05, 0) is 24.5 Å². The van der Waals surface area contributed by atoms with Crippen LogP contribution < -0.4 is 0 Å². The highest BCUT2D eigenvalue weighted by Crippen LogP contribution is 2.34. The fourth-order valence-electron chi connectivity index (χ4n) is 2.68. The van der Waals surface area contributed by atoms with Gasteiger partial charge in [-0.3, -0.25) is 0 Å². The quantitative estimate of drug-likeness (QED) is 0.802. The second kappa shape index (κ2) is 6.12. The van der Waals surface area contributed by atoms with Crippen LogP contribution in [0.25, 0.3) is 10.1 Å². The van der Waals surface area contributed by atoms with Gasteiger partial charge in [0.15, 0.2) is 0 Å². The number of thiophene rings is 1. The number of halogens is 1. The van der Waals surface area contributed by atoms with E-state index in [4.69, 9.17) is 4.74 Å². The number of carbonyl (C=O) groups is 1. The number of rotatable bonds is 6. The Balaban J connectivity index is 1.78. The van der Waals surface area contributed by atoms with E-state index in [1.807, 2.05) is 0 Å². The molecular weight excluding hydrogens is 291 g/mol. The van der Waals surface area contributed by atoms with E-state index in [0.717, 1.165) is 23.7 Å². The van der Waals surface area contributed by atoms with Crippen LogP contribution in [-0.4, -0.2) is 17.7 Å². The van der Waals surface area contributed by atoms with Gasteiger partial charge >= 0.3 is 5.97 Å².